The number of rotatable bonds is 5. The zero-order valence-electron chi connectivity index (χ0n) is 11.4. The maximum Gasteiger partial charge on any atom is 0.256 e. The number of amides is 1. The van der Waals surface area contributed by atoms with Crippen molar-refractivity contribution in [2.45, 2.75) is 0 Å². The Morgan fingerprint density at radius 2 is 2.14 bits per heavy atom. The number of nitrogens with zero attached hydrogens (tertiary/aromatic N) is 2. The lowest BCUT2D eigenvalue weighted by atomic mass is 10.2. The molecule has 1 aromatic carbocycles. The molecule has 110 valence electrons. The number of halogens is 2. The highest BCUT2D eigenvalue weighted by Crippen LogP contribution is 2.12. The molecule has 1 aromatic heterocycles. The Hall–Kier alpha value is -2.50. The molecule has 0 bridgehead atoms. The molecule has 1 heterocycles. The van der Waals surface area contributed by atoms with E-state index in [1.807, 2.05) is 0 Å². The average Bonchev–Trinajstić information content (AvgIpc) is 2.47. The van der Waals surface area contributed by atoms with E-state index in [0.29, 0.717) is 5.75 Å². The Labute approximate surface area is 121 Å². The molecule has 0 atom stereocenters. The molecule has 0 aliphatic heterocycles. The smallest absolute Gasteiger partial charge is 0.256 e. The van der Waals surface area contributed by atoms with Crippen LogP contribution in [-0.4, -0.2) is 36.0 Å². The number of likely N-dealkylation sites (N-methyl/N-ethyl adjacent to an activating group) is 1. The maximum atomic E-state index is 13.4. The summed E-state index contributed by atoms with van der Waals surface area (Å²) in [6.45, 7) is 0.426. The normalized spacial score (nSPS) is 10.2. The van der Waals surface area contributed by atoms with Gasteiger partial charge in [0, 0.05) is 19.3 Å². The van der Waals surface area contributed by atoms with Gasteiger partial charge in [-0.1, -0.05) is 6.07 Å². The minimum absolute atomic E-state index is 0.0433. The lowest BCUT2D eigenvalue weighted by Crippen LogP contribution is -2.31. The number of hydrogen-bond donors (Lipinski definition) is 0. The van der Waals surface area contributed by atoms with E-state index in [1.54, 1.807) is 6.07 Å². The van der Waals surface area contributed by atoms with Crippen molar-refractivity contribution in [3.05, 3.63) is 59.9 Å². The summed E-state index contributed by atoms with van der Waals surface area (Å²) in [5.41, 5.74) is -0.0433. The van der Waals surface area contributed by atoms with Crippen LogP contribution in [0.25, 0.3) is 0 Å². The van der Waals surface area contributed by atoms with Crippen LogP contribution in [0, 0.1) is 11.6 Å². The largest absolute Gasteiger partial charge is 0.492 e. The highest BCUT2D eigenvalue weighted by molar-refractivity contribution is 5.94. The van der Waals surface area contributed by atoms with Gasteiger partial charge in [-0.2, -0.15) is 0 Å². The van der Waals surface area contributed by atoms with Crippen LogP contribution in [0.15, 0.2) is 42.7 Å². The Kier molecular flexibility index (Phi) is 4.81. The summed E-state index contributed by atoms with van der Waals surface area (Å²) in [4.78, 5) is 16.9. The summed E-state index contributed by atoms with van der Waals surface area (Å²) in [5, 5.41) is 0. The zero-order valence-corrected chi connectivity index (χ0v) is 11.4. The third-order valence-electron chi connectivity index (χ3n) is 2.84. The second-order valence-corrected chi connectivity index (χ2v) is 4.39. The third kappa shape index (κ3) is 3.98. The van der Waals surface area contributed by atoms with Crippen LogP contribution >= 0.6 is 0 Å². The van der Waals surface area contributed by atoms with Crippen molar-refractivity contribution in [2.24, 2.45) is 0 Å². The highest BCUT2D eigenvalue weighted by atomic mass is 19.1. The number of carbonyl (C=O) groups is 1. The van der Waals surface area contributed by atoms with Crippen LogP contribution in [0.5, 0.6) is 5.75 Å². The fourth-order valence-corrected chi connectivity index (χ4v) is 1.71. The summed E-state index contributed by atoms with van der Waals surface area (Å²) in [6.07, 6.45) is 2.34. The van der Waals surface area contributed by atoms with Crippen molar-refractivity contribution < 1.29 is 18.3 Å². The number of benzene rings is 1. The molecule has 0 unspecified atom stereocenters. The van der Waals surface area contributed by atoms with E-state index in [2.05, 4.69) is 4.98 Å². The number of hydrogen-bond acceptors (Lipinski definition) is 3. The van der Waals surface area contributed by atoms with E-state index in [4.69, 9.17) is 4.74 Å². The molecule has 0 aliphatic rings. The molecule has 1 amide bonds. The van der Waals surface area contributed by atoms with Gasteiger partial charge in [0.1, 0.15) is 18.2 Å². The predicted octanol–water partition coefficient (Wildman–Crippen LogP) is 2.51. The standard InChI is InChI=1S/C15H14F2N2O2/c1-19(15(20)13-5-6-18-10-14(13)17)7-8-21-12-4-2-3-11(16)9-12/h2-6,9-10H,7-8H2,1H3. The van der Waals surface area contributed by atoms with E-state index in [-0.39, 0.29) is 18.7 Å². The average molecular weight is 292 g/mol. The van der Waals surface area contributed by atoms with E-state index >= 15 is 0 Å². The number of carbonyl (C=O) groups excluding carboxylic acids is 1. The van der Waals surface area contributed by atoms with Gasteiger partial charge in [-0.05, 0) is 18.2 Å². The van der Waals surface area contributed by atoms with Crippen LogP contribution in [0.1, 0.15) is 10.4 Å². The minimum Gasteiger partial charge on any atom is -0.492 e. The summed E-state index contributed by atoms with van der Waals surface area (Å²) in [5.74, 6) is -1.14. The van der Waals surface area contributed by atoms with Gasteiger partial charge in [0.15, 0.2) is 5.82 Å². The topological polar surface area (TPSA) is 42.4 Å². The monoisotopic (exact) mass is 292 g/mol. The lowest BCUT2D eigenvalue weighted by molar-refractivity contribution is 0.0769. The van der Waals surface area contributed by atoms with Crippen LogP contribution < -0.4 is 4.74 Å². The van der Waals surface area contributed by atoms with Crippen molar-refractivity contribution in [1.82, 2.24) is 9.88 Å². The first-order chi connectivity index (χ1) is 10.1. The molecule has 0 aliphatic carbocycles. The van der Waals surface area contributed by atoms with Crippen LogP contribution in [0.3, 0.4) is 0 Å². The SMILES string of the molecule is CN(CCOc1cccc(F)c1)C(=O)c1ccncc1F. The van der Waals surface area contributed by atoms with E-state index in [1.165, 1.54) is 42.4 Å². The van der Waals surface area contributed by atoms with Crippen molar-refractivity contribution in [2.75, 3.05) is 20.2 Å². The van der Waals surface area contributed by atoms with Gasteiger partial charge < -0.3 is 9.64 Å². The van der Waals surface area contributed by atoms with Gasteiger partial charge in [-0.15, -0.1) is 0 Å². The summed E-state index contributed by atoms with van der Waals surface area (Å²) < 4.78 is 31.7. The third-order valence-corrected chi connectivity index (χ3v) is 2.84. The Bertz CT molecular complexity index is 635. The van der Waals surface area contributed by atoms with Gasteiger partial charge in [-0.25, -0.2) is 8.78 Å². The van der Waals surface area contributed by atoms with Crippen molar-refractivity contribution >= 4 is 5.91 Å². The molecule has 0 saturated carbocycles. The fourth-order valence-electron chi connectivity index (χ4n) is 1.71. The summed E-state index contributed by atoms with van der Waals surface area (Å²) >= 11 is 0. The lowest BCUT2D eigenvalue weighted by Gasteiger charge is -2.17. The second-order valence-electron chi connectivity index (χ2n) is 4.39. The molecule has 2 aromatic rings. The van der Waals surface area contributed by atoms with Gasteiger partial charge in [-0.3, -0.25) is 9.78 Å². The zero-order chi connectivity index (χ0) is 15.2. The molecule has 0 spiro atoms. The van der Waals surface area contributed by atoms with Crippen LogP contribution in [-0.2, 0) is 0 Å². The number of pyridine rings is 1. The molecule has 0 radical (unpaired) electrons. The first-order valence-electron chi connectivity index (χ1n) is 6.31. The second kappa shape index (κ2) is 6.78. The molecule has 2 rings (SSSR count). The minimum atomic E-state index is -0.666. The van der Waals surface area contributed by atoms with Crippen molar-refractivity contribution in [3.63, 3.8) is 0 Å². The van der Waals surface area contributed by atoms with Gasteiger partial charge in [0.05, 0.1) is 18.3 Å². The Balaban J connectivity index is 1.89. The maximum absolute atomic E-state index is 13.4. The first-order valence-corrected chi connectivity index (χ1v) is 6.31. The Morgan fingerprint density at radius 1 is 1.33 bits per heavy atom. The molecule has 6 heteroatoms. The van der Waals surface area contributed by atoms with Crippen LogP contribution in [0.4, 0.5) is 8.78 Å². The predicted molar refractivity (Wildman–Crippen MR) is 73.1 cm³/mol. The van der Waals surface area contributed by atoms with Crippen molar-refractivity contribution in [1.29, 1.82) is 0 Å². The molecule has 0 fully saturated rings. The molecule has 0 N–H and O–H groups in total. The molecular weight excluding hydrogens is 278 g/mol. The molecular formula is C15H14F2N2O2. The summed E-state index contributed by atoms with van der Waals surface area (Å²) in [6, 6.07) is 7.04. The van der Waals surface area contributed by atoms with E-state index in [9.17, 15) is 13.6 Å². The molecule has 21 heavy (non-hydrogen) atoms. The first kappa shape index (κ1) is 14.9. The summed E-state index contributed by atoms with van der Waals surface area (Å²) in [7, 11) is 1.54. The van der Waals surface area contributed by atoms with E-state index in [0.717, 1.165) is 6.20 Å². The van der Waals surface area contributed by atoms with Gasteiger partial charge >= 0.3 is 0 Å². The Morgan fingerprint density at radius 3 is 2.86 bits per heavy atom. The van der Waals surface area contributed by atoms with Gasteiger partial charge in [0.25, 0.3) is 5.91 Å². The molecule has 4 nitrogen and oxygen atoms in total. The van der Waals surface area contributed by atoms with Gasteiger partial charge in [0.2, 0.25) is 0 Å². The molecule has 0 saturated heterocycles. The number of aromatic nitrogens is 1. The van der Waals surface area contributed by atoms with Crippen molar-refractivity contribution in [3.8, 4) is 5.75 Å². The highest BCUT2D eigenvalue weighted by Gasteiger charge is 2.15. The van der Waals surface area contributed by atoms with E-state index < -0.39 is 17.5 Å². The quantitative estimate of drug-likeness (QED) is 0.850. The van der Waals surface area contributed by atoms with Crippen LogP contribution in [0.2, 0.25) is 0 Å². The fraction of sp³-hybridized carbons (Fsp3) is 0.200. The number of ether oxygens (including phenoxy) is 1.